The number of nitrogens with two attached hydrogens (primary N) is 2. The van der Waals surface area contributed by atoms with Crippen LogP contribution < -0.4 is 11.5 Å². The Balaban J connectivity index is 2.78. The van der Waals surface area contributed by atoms with Gasteiger partial charge in [-0.05, 0) is 27.2 Å². The predicted molar refractivity (Wildman–Crippen MR) is 93.0 cm³/mol. The van der Waals surface area contributed by atoms with E-state index in [0.29, 0.717) is 31.5 Å². The number of nitrogen functional groups attached to an aromatic ring is 2. The van der Waals surface area contributed by atoms with Gasteiger partial charge in [-0.1, -0.05) is 6.92 Å². The highest BCUT2D eigenvalue weighted by molar-refractivity contribution is 6.65. The van der Waals surface area contributed by atoms with E-state index in [1.54, 1.807) is 0 Å². The summed E-state index contributed by atoms with van der Waals surface area (Å²) in [7, 11) is -3.49. The van der Waals surface area contributed by atoms with Gasteiger partial charge in [0.1, 0.15) is 0 Å². The van der Waals surface area contributed by atoms with Crippen molar-refractivity contribution in [1.29, 1.82) is 0 Å². The largest absolute Gasteiger partial charge is 0.523 e. The van der Waals surface area contributed by atoms with Crippen LogP contribution in [0.4, 0.5) is 11.9 Å². The molecule has 0 aliphatic carbocycles. The second-order valence-corrected chi connectivity index (χ2v) is 7.93. The van der Waals surface area contributed by atoms with Crippen molar-refractivity contribution < 1.29 is 13.3 Å². The van der Waals surface area contributed by atoms with Crippen LogP contribution in [0, 0.1) is 6.92 Å². The Kier molecular flexibility index (Phi) is 6.10. The Morgan fingerprint density at radius 2 is 1.32 bits per heavy atom. The predicted octanol–water partition coefficient (Wildman–Crippen LogP) is 0.185. The number of aromatic nitrogens is 6. The number of H-pyrrole nitrogens is 2. The highest BCUT2D eigenvalue weighted by Crippen LogP contribution is 2.42. The Bertz CT molecular complexity index is 619. The number of hydrogen-bond acceptors (Lipinski definition) is 9. The van der Waals surface area contributed by atoms with Crippen LogP contribution in [0.1, 0.15) is 38.8 Å². The second kappa shape index (κ2) is 7.90. The summed E-state index contributed by atoms with van der Waals surface area (Å²) in [5, 5.41) is 12.5. The molecule has 2 rings (SSSR count). The maximum Gasteiger partial charge on any atom is 0.523 e. The van der Waals surface area contributed by atoms with E-state index in [4.69, 9.17) is 24.7 Å². The monoisotopic (exact) mass is 369 g/mol. The molecule has 12 heteroatoms. The van der Waals surface area contributed by atoms with Gasteiger partial charge >= 0.3 is 8.80 Å². The van der Waals surface area contributed by atoms with Gasteiger partial charge in [-0.3, -0.25) is 0 Å². The zero-order valence-electron chi connectivity index (χ0n) is 14.7. The van der Waals surface area contributed by atoms with Crippen molar-refractivity contribution in [3.63, 3.8) is 0 Å². The molecule has 0 aromatic carbocycles. The lowest BCUT2D eigenvalue weighted by molar-refractivity contribution is 0.0475. The van der Waals surface area contributed by atoms with E-state index in [1.165, 1.54) is 0 Å². The molecule has 0 saturated heterocycles. The van der Waals surface area contributed by atoms with Crippen LogP contribution in [0.2, 0.25) is 0 Å². The van der Waals surface area contributed by atoms with E-state index in [9.17, 15) is 0 Å². The number of anilines is 2. The minimum absolute atomic E-state index is 0.142. The molecular formula is C13H25N8O3Si. The first-order chi connectivity index (χ1) is 12.0. The van der Waals surface area contributed by atoms with Crippen molar-refractivity contribution in [2.24, 2.45) is 0 Å². The highest BCUT2D eigenvalue weighted by Gasteiger charge is 2.67. The Morgan fingerprint density at radius 3 is 1.56 bits per heavy atom. The molecule has 0 saturated carbocycles. The maximum absolute atomic E-state index is 6.08. The molecule has 2 heterocycles. The Labute approximate surface area is 147 Å². The topological polar surface area (TPSA) is 163 Å². The third kappa shape index (κ3) is 3.25. The summed E-state index contributed by atoms with van der Waals surface area (Å²) < 4.78 is 18.2. The molecule has 0 aliphatic heterocycles. The maximum atomic E-state index is 6.08. The summed E-state index contributed by atoms with van der Waals surface area (Å²) in [4.78, 5) is 8.57. The van der Waals surface area contributed by atoms with Crippen LogP contribution in [-0.2, 0) is 18.3 Å². The minimum atomic E-state index is -3.49. The lowest BCUT2D eigenvalue weighted by atomic mass is 10.0. The summed E-state index contributed by atoms with van der Waals surface area (Å²) >= 11 is 0. The second-order valence-electron chi connectivity index (χ2n) is 5.10. The van der Waals surface area contributed by atoms with Crippen LogP contribution in [0.5, 0.6) is 0 Å². The van der Waals surface area contributed by atoms with Gasteiger partial charge in [0.05, 0.1) is 0 Å². The standard InChI is InChI=1S/C13H25N8O3Si/c1-5-13(9-16-11(14)20-18-9,10-17-12(15)21-19-10)25(22-6-2,23-7-3)24-8-4/h1,5-8H2,2-4H3,(H3,14,16,18,20)(H3,15,17,19,21). The zero-order valence-corrected chi connectivity index (χ0v) is 15.7. The Morgan fingerprint density at radius 1 is 0.920 bits per heavy atom. The van der Waals surface area contributed by atoms with E-state index in [1.807, 2.05) is 20.8 Å². The smallest absolute Gasteiger partial charge is 0.373 e. The lowest BCUT2D eigenvalue weighted by Crippen LogP contribution is -2.64. The minimum Gasteiger partial charge on any atom is -0.373 e. The molecule has 0 spiro atoms. The molecule has 11 nitrogen and oxygen atoms in total. The van der Waals surface area contributed by atoms with E-state index in [-0.39, 0.29) is 18.3 Å². The lowest BCUT2D eigenvalue weighted by Gasteiger charge is -2.41. The molecule has 2 aromatic heterocycles. The molecule has 6 N–H and O–H groups in total. The van der Waals surface area contributed by atoms with Gasteiger partial charge in [0.25, 0.3) is 0 Å². The first kappa shape index (κ1) is 19.3. The third-order valence-corrected chi connectivity index (χ3v) is 7.42. The summed E-state index contributed by atoms with van der Waals surface area (Å²) in [6.45, 7) is 10.7. The fraction of sp³-hybridized carbons (Fsp3) is 0.615. The number of rotatable bonds is 10. The van der Waals surface area contributed by atoms with Crippen molar-refractivity contribution >= 4 is 20.7 Å². The molecule has 0 unspecified atom stereocenters. The van der Waals surface area contributed by atoms with Crippen molar-refractivity contribution in [1.82, 2.24) is 30.4 Å². The quantitative estimate of drug-likeness (QED) is 0.428. The van der Waals surface area contributed by atoms with Gasteiger partial charge < -0.3 is 24.7 Å². The summed E-state index contributed by atoms with van der Waals surface area (Å²) in [6, 6.07) is 0. The normalized spacial score (nSPS) is 12.6. The van der Waals surface area contributed by atoms with Gasteiger partial charge in [0, 0.05) is 19.8 Å². The van der Waals surface area contributed by atoms with Crippen molar-refractivity contribution in [3.8, 4) is 0 Å². The van der Waals surface area contributed by atoms with Crippen LogP contribution >= 0.6 is 0 Å². The van der Waals surface area contributed by atoms with Gasteiger partial charge in [0.15, 0.2) is 16.7 Å². The van der Waals surface area contributed by atoms with Gasteiger partial charge in [-0.2, -0.15) is 20.2 Å². The van der Waals surface area contributed by atoms with Gasteiger partial charge in [0.2, 0.25) is 11.9 Å². The molecule has 0 amide bonds. The van der Waals surface area contributed by atoms with Crippen molar-refractivity contribution in [2.75, 3.05) is 31.3 Å². The summed E-state index contributed by atoms with van der Waals surface area (Å²) in [6.07, 6.45) is 0.216. The first-order valence-corrected chi connectivity index (χ1v) is 9.79. The molecule has 0 aliphatic rings. The molecular weight excluding hydrogens is 344 g/mol. The van der Waals surface area contributed by atoms with Crippen molar-refractivity contribution in [3.05, 3.63) is 18.6 Å². The fourth-order valence-corrected chi connectivity index (χ4v) is 5.95. The van der Waals surface area contributed by atoms with Crippen LogP contribution in [-0.4, -0.2) is 59.0 Å². The molecule has 2 aromatic rings. The Hall–Kier alpha value is -2.02. The number of hydrogen-bond donors (Lipinski definition) is 4. The third-order valence-electron chi connectivity index (χ3n) is 3.67. The molecule has 139 valence electrons. The zero-order chi connectivity index (χ0) is 18.5. The molecule has 0 bridgehead atoms. The van der Waals surface area contributed by atoms with Crippen LogP contribution in [0.25, 0.3) is 0 Å². The first-order valence-electron chi connectivity index (χ1n) is 8.07. The molecule has 0 fully saturated rings. The SMILES string of the molecule is [CH2]CC(c1n[nH]c(N)n1)(c1n[nH]c(N)n1)[Si](OCC)(OCC)OCC. The van der Waals surface area contributed by atoms with Crippen LogP contribution in [0.15, 0.2) is 0 Å². The number of aromatic amines is 2. The summed E-state index contributed by atoms with van der Waals surface area (Å²) in [5.74, 6) is 0.870. The number of nitrogens with one attached hydrogen (secondary N) is 2. The summed E-state index contributed by atoms with van der Waals surface area (Å²) in [5.41, 5.74) is 11.5. The highest BCUT2D eigenvalue weighted by atomic mass is 28.4. The fourth-order valence-electron chi connectivity index (χ4n) is 2.75. The van der Waals surface area contributed by atoms with E-state index in [0.717, 1.165) is 0 Å². The van der Waals surface area contributed by atoms with Gasteiger partial charge in [-0.15, -0.1) is 0 Å². The molecule has 1 radical (unpaired) electrons. The van der Waals surface area contributed by atoms with Crippen molar-refractivity contribution in [2.45, 2.75) is 32.2 Å². The molecule has 25 heavy (non-hydrogen) atoms. The van der Waals surface area contributed by atoms with Crippen LogP contribution in [0.3, 0.4) is 0 Å². The number of nitrogens with zero attached hydrogens (tertiary/aromatic N) is 4. The van der Waals surface area contributed by atoms with E-state index < -0.39 is 13.8 Å². The van der Waals surface area contributed by atoms with Gasteiger partial charge in [-0.25, -0.2) is 10.2 Å². The van der Waals surface area contributed by atoms with E-state index in [2.05, 4.69) is 37.3 Å². The van der Waals surface area contributed by atoms with E-state index >= 15 is 0 Å². The molecule has 0 atom stereocenters. The average Bonchev–Trinajstić information content (AvgIpc) is 3.19. The average molecular weight is 369 g/mol.